The fourth-order valence-electron chi connectivity index (χ4n) is 3.18. The fourth-order valence-corrected chi connectivity index (χ4v) is 3.96. The lowest BCUT2D eigenvalue weighted by Crippen LogP contribution is -2.15. The van der Waals surface area contributed by atoms with E-state index in [9.17, 15) is 4.79 Å². The molecule has 1 N–H and O–H groups in total. The second-order valence-electron chi connectivity index (χ2n) is 6.87. The van der Waals surface area contributed by atoms with E-state index >= 15 is 0 Å². The number of carbonyl (C=O) groups excluding carboxylic acids is 1. The molecule has 29 heavy (non-hydrogen) atoms. The van der Waals surface area contributed by atoms with Gasteiger partial charge in [-0.2, -0.15) is 10.2 Å². The van der Waals surface area contributed by atoms with Crippen molar-refractivity contribution in [3.05, 3.63) is 71.7 Å². The molecule has 2 aromatic heterocycles. The van der Waals surface area contributed by atoms with Crippen molar-refractivity contribution in [1.82, 2.24) is 20.0 Å². The average Bonchev–Trinajstić information content (AvgIpc) is 3.01. The van der Waals surface area contributed by atoms with Crippen LogP contribution in [0.1, 0.15) is 17.0 Å². The van der Waals surface area contributed by atoms with E-state index in [1.54, 1.807) is 6.20 Å². The molecule has 0 saturated heterocycles. The molecule has 0 aliphatic rings. The Morgan fingerprint density at radius 1 is 1.07 bits per heavy atom. The first-order chi connectivity index (χ1) is 14.0. The third-order valence-electron chi connectivity index (χ3n) is 4.71. The van der Waals surface area contributed by atoms with E-state index in [1.165, 1.54) is 17.3 Å². The summed E-state index contributed by atoms with van der Waals surface area (Å²) in [6, 6.07) is 16.0. The minimum atomic E-state index is -0.0978. The van der Waals surface area contributed by atoms with Gasteiger partial charge in [-0.25, -0.2) is 4.68 Å². The maximum Gasteiger partial charge on any atom is 0.234 e. The van der Waals surface area contributed by atoms with Crippen molar-refractivity contribution in [2.75, 3.05) is 11.1 Å². The van der Waals surface area contributed by atoms with Crippen LogP contribution in [0.25, 0.3) is 16.5 Å². The van der Waals surface area contributed by atoms with Gasteiger partial charge in [0.05, 0.1) is 34.7 Å². The molecule has 0 spiro atoms. The molecule has 2 aromatic carbocycles. The van der Waals surface area contributed by atoms with Crippen LogP contribution >= 0.6 is 11.8 Å². The summed E-state index contributed by atoms with van der Waals surface area (Å²) in [5.74, 6) is 0.150. The number of amides is 1. The van der Waals surface area contributed by atoms with Gasteiger partial charge in [-0.3, -0.25) is 4.79 Å². The van der Waals surface area contributed by atoms with E-state index < -0.39 is 0 Å². The summed E-state index contributed by atoms with van der Waals surface area (Å²) < 4.78 is 1.85. The van der Waals surface area contributed by atoms with Crippen LogP contribution in [0.15, 0.2) is 59.8 Å². The zero-order chi connectivity index (χ0) is 20.4. The number of anilines is 1. The fraction of sp³-hybridized carbons (Fsp3) is 0.182. The highest BCUT2D eigenvalue weighted by atomic mass is 32.2. The van der Waals surface area contributed by atoms with E-state index in [2.05, 4.69) is 27.5 Å². The molecule has 0 saturated carbocycles. The molecule has 6 nitrogen and oxygen atoms in total. The molecule has 0 aliphatic heterocycles. The molecule has 0 atom stereocenters. The highest BCUT2D eigenvalue weighted by Crippen LogP contribution is 2.26. The SMILES string of the molecule is Cc1ccc(-n2nc(C)c(NC(=O)CSc3nncc4ccccc34)c2C)cc1. The Kier molecular flexibility index (Phi) is 5.31. The van der Waals surface area contributed by atoms with E-state index in [-0.39, 0.29) is 11.7 Å². The summed E-state index contributed by atoms with van der Waals surface area (Å²) in [5.41, 5.74) is 4.59. The second-order valence-corrected chi connectivity index (χ2v) is 7.83. The molecule has 0 fully saturated rings. The summed E-state index contributed by atoms with van der Waals surface area (Å²) >= 11 is 1.38. The first-order valence-electron chi connectivity index (χ1n) is 9.29. The lowest BCUT2D eigenvalue weighted by molar-refractivity contribution is -0.113. The Morgan fingerprint density at radius 3 is 2.62 bits per heavy atom. The summed E-state index contributed by atoms with van der Waals surface area (Å²) in [5, 5.41) is 18.6. The maximum atomic E-state index is 12.6. The van der Waals surface area contributed by atoms with Crippen LogP contribution in [-0.2, 0) is 4.79 Å². The quantitative estimate of drug-likeness (QED) is 0.498. The number of fused-ring (bicyclic) bond motifs is 1. The van der Waals surface area contributed by atoms with Crippen molar-refractivity contribution in [1.29, 1.82) is 0 Å². The maximum absolute atomic E-state index is 12.6. The Hall–Kier alpha value is -3.19. The molecule has 0 aliphatic carbocycles. The smallest absolute Gasteiger partial charge is 0.234 e. The Labute approximate surface area is 173 Å². The predicted molar refractivity (Wildman–Crippen MR) is 117 cm³/mol. The van der Waals surface area contributed by atoms with Gasteiger partial charge in [0.2, 0.25) is 5.91 Å². The van der Waals surface area contributed by atoms with Gasteiger partial charge in [0.15, 0.2) is 0 Å². The second kappa shape index (κ2) is 8.05. The Bertz CT molecular complexity index is 1180. The zero-order valence-corrected chi connectivity index (χ0v) is 17.3. The van der Waals surface area contributed by atoms with Gasteiger partial charge in [-0.1, -0.05) is 53.7 Å². The lowest BCUT2D eigenvalue weighted by Gasteiger charge is -2.08. The molecular formula is C22H21N5OS. The summed E-state index contributed by atoms with van der Waals surface area (Å²) in [6.07, 6.45) is 1.73. The highest BCUT2D eigenvalue weighted by molar-refractivity contribution is 8.00. The number of hydrogen-bond acceptors (Lipinski definition) is 5. The summed E-state index contributed by atoms with van der Waals surface area (Å²) in [7, 11) is 0. The molecule has 0 bridgehead atoms. The van der Waals surface area contributed by atoms with Crippen molar-refractivity contribution in [2.45, 2.75) is 25.8 Å². The molecular weight excluding hydrogens is 382 g/mol. The third kappa shape index (κ3) is 4.00. The van der Waals surface area contributed by atoms with Crippen LogP contribution in [0.2, 0.25) is 0 Å². The highest BCUT2D eigenvalue weighted by Gasteiger charge is 2.16. The van der Waals surface area contributed by atoms with Gasteiger partial charge >= 0.3 is 0 Å². The van der Waals surface area contributed by atoms with Gasteiger partial charge in [-0.05, 0) is 32.9 Å². The number of nitrogens with zero attached hydrogens (tertiary/aromatic N) is 4. The molecule has 4 aromatic rings. The average molecular weight is 404 g/mol. The molecule has 2 heterocycles. The van der Waals surface area contributed by atoms with Gasteiger partial charge in [0, 0.05) is 10.8 Å². The molecule has 4 rings (SSSR count). The first-order valence-corrected chi connectivity index (χ1v) is 10.3. The largest absolute Gasteiger partial charge is 0.322 e. The lowest BCUT2D eigenvalue weighted by atomic mass is 10.2. The van der Waals surface area contributed by atoms with Crippen LogP contribution in [0.4, 0.5) is 5.69 Å². The molecule has 7 heteroatoms. The predicted octanol–water partition coefficient (Wildman–Crippen LogP) is 4.47. The third-order valence-corrected chi connectivity index (χ3v) is 5.69. The zero-order valence-electron chi connectivity index (χ0n) is 16.5. The van der Waals surface area contributed by atoms with Gasteiger partial charge in [-0.15, -0.1) is 5.10 Å². The minimum absolute atomic E-state index is 0.0978. The number of aromatic nitrogens is 4. The van der Waals surface area contributed by atoms with Crippen molar-refractivity contribution < 1.29 is 4.79 Å². The number of carbonyl (C=O) groups is 1. The Balaban J connectivity index is 1.49. The number of hydrogen-bond donors (Lipinski definition) is 1. The standard InChI is InChI=1S/C22H21N5OS/c1-14-8-10-18(11-9-14)27-16(3)21(15(2)26-27)24-20(28)13-29-22-19-7-5-4-6-17(19)12-23-25-22/h4-12H,13H2,1-3H3,(H,24,28). The summed E-state index contributed by atoms with van der Waals surface area (Å²) in [4.78, 5) is 12.6. The van der Waals surface area contributed by atoms with Crippen molar-refractivity contribution >= 4 is 34.1 Å². The van der Waals surface area contributed by atoms with E-state index in [0.717, 1.165) is 38.6 Å². The van der Waals surface area contributed by atoms with Crippen LogP contribution in [0, 0.1) is 20.8 Å². The monoisotopic (exact) mass is 403 g/mol. The number of aryl methyl sites for hydroxylation is 2. The molecule has 146 valence electrons. The van der Waals surface area contributed by atoms with Gasteiger partial charge < -0.3 is 5.32 Å². The number of rotatable bonds is 5. The number of nitrogens with one attached hydrogen (secondary N) is 1. The minimum Gasteiger partial charge on any atom is -0.322 e. The van der Waals surface area contributed by atoms with Crippen molar-refractivity contribution in [3.8, 4) is 5.69 Å². The van der Waals surface area contributed by atoms with E-state index in [0.29, 0.717) is 0 Å². The van der Waals surface area contributed by atoms with Crippen LogP contribution in [-0.4, -0.2) is 31.6 Å². The number of benzene rings is 2. The number of thioether (sulfide) groups is 1. The van der Waals surface area contributed by atoms with Crippen LogP contribution < -0.4 is 5.32 Å². The molecule has 1 amide bonds. The topological polar surface area (TPSA) is 72.7 Å². The van der Waals surface area contributed by atoms with Crippen LogP contribution in [0.5, 0.6) is 0 Å². The molecule has 0 unspecified atom stereocenters. The molecule has 0 radical (unpaired) electrons. The Morgan fingerprint density at radius 2 is 1.83 bits per heavy atom. The van der Waals surface area contributed by atoms with Gasteiger partial charge in [0.25, 0.3) is 0 Å². The van der Waals surface area contributed by atoms with Gasteiger partial charge in [0.1, 0.15) is 5.03 Å². The van der Waals surface area contributed by atoms with E-state index in [4.69, 9.17) is 0 Å². The normalized spacial score (nSPS) is 11.0. The first kappa shape index (κ1) is 19.1. The van der Waals surface area contributed by atoms with Crippen LogP contribution in [0.3, 0.4) is 0 Å². The summed E-state index contributed by atoms with van der Waals surface area (Å²) in [6.45, 7) is 5.91. The van der Waals surface area contributed by atoms with Crippen molar-refractivity contribution in [3.63, 3.8) is 0 Å². The van der Waals surface area contributed by atoms with Crippen molar-refractivity contribution in [2.24, 2.45) is 0 Å². The van der Waals surface area contributed by atoms with E-state index in [1.807, 2.05) is 67.1 Å².